The van der Waals surface area contributed by atoms with Gasteiger partial charge in [0.15, 0.2) is 0 Å². The lowest BCUT2D eigenvalue weighted by Crippen LogP contribution is -2.26. The van der Waals surface area contributed by atoms with Crippen LogP contribution in [-0.4, -0.2) is 32.0 Å². The summed E-state index contributed by atoms with van der Waals surface area (Å²) >= 11 is 0. The van der Waals surface area contributed by atoms with Crippen molar-refractivity contribution in [1.82, 2.24) is 14.6 Å². The number of carbonyl (C=O) groups is 1. The smallest absolute Gasteiger partial charge is 0.251 e. The lowest BCUT2D eigenvalue weighted by molar-refractivity contribution is 0.0952. The van der Waals surface area contributed by atoms with Crippen LogP contribution in [0.25, 0.3) is 10.9 Å². The minimum atomic E-state index is -3.58. The molecule has 0 saturated carbocycles. The van der Waals surface area contributed by atoms with Crippen LogP contribution >= 0.6 is 0 Å². The van der Waals surface area contributed by atoms with Crippen molar-refractivity contribution in [2.45, 2.75) is 17.9 Å². The summed E-state index contributed by atoms with van der Waals surface area (Å²) in [6.07, 6.45) is 4.31. The van der Waals surface area contributed by atoms with Crippen LogP contribution in [0, 0.1) is 0 Å². The molecule has 0 radical (unpaired) electrons. The van der Waals surface area contributed by atoms with E-state index in [1.54, 1.807) is 0 Å². The summed E-state index contributed by atoms with van der Waals surface area (Å²) in [5, 5.41) is 4.07. The van der Waals surface area contributed by atoms with E-state index in [0.29, 0.717) is 12.1 Å². The zero-order valence-corrected chi connectivity index (χ0v) is 16.3. The Morgan fingerprint density at radius 3 is 2.57 bits per heavy atom. The molecule has 3 aromatic rings. The fraction of sp³-hybridized carbons (Fsp3) is 0.190. The van der Waals surface area contributed by atoms with E-state index in [1.165, 1.54) is 41.2 Å². The highest BCUT2D eigenvalue weighted by Gasteiger charge is 2.13. The van der Waals surface area contributed by atoms with E-state index in [2.05, 4.69) is 39.4 Å². The van der Waals surface area contributed by atoms with Crippen LogP contribution in [-0.2, 0) is 16.6 Å². The first-order chi connectivity index (χ1) is 13.5. The molecule has 0 aliphatic rings. The number of benzene rings is 2. The number of para-hydroxylation sites is 1. The average molecular weight is 398 g/mol. The molecular formula is C21H23N3O3S. The number of aryl methyl sites for hydroxylation is 1. The van der Waals surface area contributed by atoms with Gasteiger partial charge in [0, 0.05) is 36.9 Å². The van der Waals surface area contributed by atoms with E-state index in [4.69, 9.17) is 0 Å². The molecule has 1 heterocycles. The van der Waals surface area contributed by atoms with Crippen molar-refractivity contribution in [3.63, 3.8) is 0 Å². The van der Waals surface area contributed by atoms with Crippen molar-refractivity contribution >= 4 is 26.8 Å². The quantitative estimate of drug-likeness (QED) is 0.430. The van der Waals surface area contributed by atoms with Crippen LogP contribution in [0.15, 0.2) is 78.3 Å². The number of amides is 1. The van der Waals surface area contributed by atoms with Crippen molar-refractivity contribution in [2.75, 3.05) is 13.1 Å². The second kappa shape index (κ2) is 8.86. The van der Waals surface area contributed by atoms with E-state index in [9.17, 15) is 13.2 Å². The van der Waals surface area contributed by atoms with E-state index in [1.807, 2.05) is 18.3 Å². The molecule has 0 aliphatic carbocycles. The Balaban J connectivity index is 1.51. The first-order valence-electron chi connectivity index (χ1n) is 9.04. The second-order valence-electron chi connectivity index (χ2n) is 6.34. The number of sulfonamides is 1. The lowest BCUT2D eigenvalue weighted by Gasteiger charge is -2.08. The van der Waals surface area contributed by atoms with Gasteiger partial charge in [-0.1, -0.05) is 24.3 Å². The Bertz CT molecular complexity index is 1070. The normalized spacial score (nSPS) is 11.4. The monoisotopic (exact) mass is 397 g/mol. The molecule has 0 saturated heterocycles. The van der Waals surface area contributed by atoms with E-state index < -0.39 is 10.0 Å². The van der Waals surface area contributed by atoms with Gasteiger partial charge in [0.2, 0.25) is 10.0 Å². The molecule has 146 valence electrons. The summed E-state index contributed by atoms with van der Waals surface area (Å²) in [6.45, 7) is 4.97. The average Bonchev–Trinajstić information content (AvgIpc) is 3.13. The van der Waals surface area contributed by atoms with Gasteiger partial charge in [0.05, 0.1) is 4.90 Å². The number of rotatable bonds is 9. The van der Waals surface area contributed by atoms with Gasteiger partial charge in [-0.25, -0.2) is 13.1 Å². The summed E-state index contributed by atoms with van der Waals surface area (Å²) in [6, 6.07) is 16.1. The molecular weight excluding hydrogens is 374 g/mol. The summed E-state index contributed by atoms with van der Waals surface area (Å²) in [4.78, 5) is 12.4. The molecule has 0 unspecified atom stereocenters. The van der Waals surface area contributed by atoms with Crippen molar-refractivity contribution in [2.24, 2.45) is 0 Å². The Labute approximate surface area is 164 Å². The van der Waals surface area contributed by atoms with E-state index in [0.717, 1.165) is 13.0 Å². The van der Waals surface area contributed by atoms with Crippen LogP contribution in [0.3, 0.4) is 0 Å². The molecule has 2 aromatic carbocycles. The Morgan fingerprint density at radius 2 is 1.82 bits per heavy atom. The van der Waals surface area contributed by atoms with Gasteiger partial charge in [0.1, 0.15) is 0 Å². The second-order valence-corrected chi connectivity index (χ2v) is 8.11. The van der Waals surface area contributed by atoms with Crippen LogP contribution in [0.2, 0.25) is 0 Å². The lowest BCUT2D eigenvalue weighted by atomic mass is 10.2. The molecule has 1 aromatic heterocycles. The maximum atomic E-state index is 12.3. The number of hydrogen-bond donors (Lipinski definition) is 2. The molecule has 7 heteroatoms. The SMILES string of the molecule is C=CCNS(=O)(=O)c1ccc(C(=O)NCCCn2ccc3ccccc32)cc1. The standard InChI is InChI=1S/C21H23N3O3S/c1-2-13-23-28(26,27)19-10-8-18(9-11-19)21(25)22-14-5-15-24-16-12-17-6-3-4-7-20(17)24/h2-4,6-12,16,23H,1,5,13-15H2,(H,22,25). The molecule has 0 fully saturated rings. The first kappa shape index (κ1) is 19.9. The number of nitrogens with zero attached hydrogens (tertiary/aromatic N) is 1. The van der Waals surface area contributed by atoms with Gasteiger partial charge >= 0.3 is 0 Å². The molecule has 2 N–H and O–H groups in total. The predicted molar refractivity (Wildman–Crippen MR) is 111 cm³/mol. The summed E-state index contributed by atoms with van der Waals surface area (Å²) in [5.74, 6) is -0.222. The third-order valence-corrected chi connectivity index (χ3v) is 5.83. The van der Waals surface area contributed by atoms with Crippen molar-refractivity contribution in [3.8, 4) is 0 Å². The fourth-order valence-corrected chi connectivity index (χ4v) is 3.92. The van der Waals surface area contributed by atoms with Gasteiger partial charge in [-0.3, -0.25) is 4.79 Å². The maximum absolute atomic E-state index is 12.3. The van der Waals surface area contributed by atoms with Crippen LogP contribution in [0.4, 0.5) is 0 Å². The number of aromatic nitrogens is 1. The van der Waals surface area contributed by atoms with Gasteiger partial charge in [-0.15, -0.1) is 6.58 Å². The van der Waals surface area contributed by atoms with Gasteiger partial charge in [-0.05, 0) is 48.2 Å². The van der Waals surface area contributed by atoms with Crippen molar-refractivity contribution in [1.29, 1.82) is 0 Å². The number of carbonyl (C=O) groups excluding carboxylic acids is 1. The zero-order valence-electron chi connectivity index (χ0n) is 15.5. The van der Waals surface area contributed by atoms with Crippen molar-refractivity contribution in [3.05, 3.63) is 79.0 Å². The molecule has 1 amide bonds. The Kier molecular flexibility index (Phi) is 6.28. The van der Waals surface area contributed by atoms with Gasteiger partial charge in [-0.2, -0.15) is 0 Å². The van der Waals surface area contributed by atoms with Gasteiger partial charge < -0.3 is 9.88 Å². The molecule has 6 nitrogen and oxygen atoms in total. The zero-order chi connectivity index (χ0) is 20.0. The van der Waals surface area contributed by atoms with Crippen LogP contribution in [0.1, 0.15) is 16.8 Å². The highest BCUT2D eigenvalue weighted by Crippen LogP contribution is 2.15. The molecule has 0 spiro atoms. The molecule has 3 rings (SSSR count). The van der Waals surface area contributed by atoms with Crippen LogP contribution in [0.5, 0.6) is 0 Å². The first-order valence-corrected chi connectivity index (χ1v) is 10.5. The summed E-state index contributed by atoms with van der Waals surface area (Å²) < 4.78 is 28.6. The molecule has 0 aliphatic heterocycles. The van der Waals surface area contributed by atoms with E-state index in [-0.39, 0.29) is 17.3 Å². The minimum absolute atomic E-state index is 0.116. The Hall–Kier alpha value is -2.90. The number of fused-ring (bicyclic) bond motifs is 1. The largest absolute Gasteiger partial charge is 0.352 e. The number of hydrogen-bond acceptors (Lipinski definition) is 3. The van der Waals surface area contributed by atoms with Gasteiger partial charge in [0.25, 0.3) is 5.91 Å². The van der Waals surface area contributed by atoms with Crippen LogP contribution < -0.4 is 10.0 Å². The summed E-state index contributed by atoms with van der Waals surface area (Å²) in [7, 11) is -3.58. The minimum Gasteiger partial charge on any atom is -0.352 e. The topological polar surface area (TPSA) is 80.2 Å². The molecule has 0 bridgehead atoms. The Morgan fingerprint density at radius 1 is 1.07 bits per heavy atom. The number of nitrogens with one attached hydrogen (secondary N) is 2. The summed E-state index contributed by atoms with van der Waals surface area (Å²) in [5.41, 5.74) is 1.60. The predicted octanol–water partition coefficient (Wildman–Crippen LogP) is 2.93. The third kappa shape index (κ3) is 4.68. The maximum Gasteiger partial charge on any atom is 0.251 e. The highest BCUT2D eigenvalue weighted by molar-refractivity contribution is 7.89. The van der Waals surface area contributed by atoms with Crippen molar-refractivity contribution < 1.29 is 13.2 Å². The highest BCUT2D eigenvalue weighted by atomic mass is 32.2. The van der Waals surface area contributed by atoms with E-state index >= 15 is 0 Å². The molecule has 28 heavy (non-hydrogen) atoms. The molecule has 0 atom stereocenters. The fourth-order valence-electron chi connectivity index (χ4n) is 2.93. The third-order valence-electron chi connectivity index (χ3n) is 4.39.